The zero-order valence-electron chi connectivity index (χ0n) is 14.1. The molecule has 2 aromatic carbocycles. The topological polar surface area (TPSA) is 85.4 Å². The van der Waals surface area contributed by atoms with Crippen LogP contribution in [0.25, 0.3) is 10.9 Å². The van der Waals surface area contributed by atoms with E-state index < -0.39 is 12.0 Å². The van der Waals surface area contributed by atoms with E-state index in [1.165, 1.54) is 4.90 Å². The molecule has 0 saturated carbocycles. The third kappa shape index (κ3) is 2.90. The van der Waals surface area contributed by atoms with Crippen LogP contribution >= 0.6 is 0 Å². The molecule has 2 amide bonds. The maximum Gasteiger partial charge on any atom is 0.326 e. The van der Waals surface area contributed by atoms with E-state index in [9.17, 15) is 14.7 Å². The monoisotopic (exact) mass is 349 g/mol. The first-order valence-corrected chi connectivity index (χ1v) is 8.53. The third-order valence-electron chi connectivity index (χ3n) is 4.84. The van der Waals surface area contributed by atoms with E-state index >= 15 is 0 Å². The average molecular weight is 349 g/mol. The molecule has 1 unspecified atom stereocenters. The van der Waals surface area contributed by atoms with Gasteiger partial charge in [0.05, 0.1) is 6.54 Å². The number of hydrogen-bond acceptors (Lipinski definition) is 2. The molecule has 1 aromatic heterocycles. The Kier molecular flexibility index (Phi) is 4.08. The van der Waals surface area contributed by atoms with Gasteiger partial charge in [-0.15, -0.1) is 0 Å². The summed E-state index contributed by atoms with van der Waals surface area (Å²) in [6.07, 6.45) is 0.299. The van der Waals surface area contributed by atoms with E-state index in [1.807, 2.05) is 54.6 Å². The molecule has 0 spiro atoms. The number of aliphatic carboxylic acids is 1. The normalized spacial score (nSPS) is 16.3. The molecule has 1 aliphatic heterocycles. The van der Waals surface area contributed by atoms with Gasteiger partial charge in [0.15, 0.2) is 0 Å². The molecule has 3 N–H and O–H groups in total. The van der Waals surface area contributed by atoms with Crippen molar-refractivity contribution in [3.05, 3.63) is 71.4 Å². The van der Waals surface area contributed by atoms with Crippen molar-refractivity contribution in [2.24, 2.45) is 0 Å². The first kappa shape index (κ1) is 16.2. The van der Waals surface area contributed by atoms with Gasteiger partial charge in [0, 0.05) is 29.6 Å². The van der Waals surface area contributed by atoms with Crippen molar-refractivity contribution >= 4 is 22.9 Å². The number of carboxylic acid groups (broad SMARTS) is 1. The summed E-state index contributed by atoms with van der Waals surface area (Å²) < 4.78 is 0. The largest absolute Gasteiger partial charge is 0.480 e. The van der Waals surface area contributed by atoms with Crippen molar-refractivity contribution in [1.82, 2.24) is 15.2 Å². The molecule has 0 saturated heterocycles. The Morgan fingerprint density at radius 1 is 1.12 bits per heavy atom. The van der Waals surface area contributed by atoms with Crippen LogP contribution in [0.3, 0.4) is 0 Å². The summed E-state index contributed by atoms with van der Waals surface area (Å²) in [4.78, 5) is 29.1. The highest BCUT2D eigenvalue weighted by molar-refractivity contribution is 5.89. The SMILES string of the molecule is O=C(O)C1Cc2c([nH]c3ccccc23)CN1C(=O)NCc1ccccc1. The van der Waals surface area contributed by atoms with Gasteiger partial charge >= 0.3 is 12.0 Å². The number of benzene rings is 2. The summed E-state index contributed by atoms with van der Waals surface area (Å²) in [7, 11) is 0. The van der Waals surface area contributed by atoms with Gasteiger partial charge in [-0.05, 0) is 17.2 Å². The highest BCUT2D eigenvalue weighted by Gasteiger charge is 2.36. The first-order chi connectivity index (χ1) is 12.6. The predicted molar refractivity (Wildman–Crippen MR) is 97.6 cm³/mol. The molecule has 4 rings (SSSR count). The fourth-order valence-corrected chi connectivity index (χ4v) is 3.52. The average Bonchev–Trinajstić information content (AvgIpc) is 3.03. The fourth-order valence-electron chi connectivity index (χ4n) is 3.52. The molecule has 6 nitrogen and oxygen atoms in total. The summed E-state index contributed by atoms with van der Waals surface area (Å²) in [6, 6.07) is 16.1. The molecule has 3 aromatic rings. The quantitative estimate of drug-likeness (QED) is 0.680. The van der Waals surface area contributed by atoms with Crippen molar-refractivity contribution < 1.29 is 14.7 Å². The van der Waals surface area contributed by atoms with Crippen LogP contribution in [-0.4, -0.2) is 33.0 Å². The molecule has 0 aliphatic carbocycles. The van der Waals surface area contributed by atoms with Crippen LogP contribution in [0.4, 0.5) is 4.79 Å². The summed E-state index contributed by atoms with van der Waals surface area (Å²) >= 11 is 0. The molecule has 0 radical (unpaired) electrons. The Morgan fingerprint density at radius 3 is 2.62 bits per heavy atom. The Balaban J connectivity index is 1.58. The lowest BCUT2D eigenvalue weighted by molar-refractivity contribution is -0.142. The molecule has 1 atom stereocenters. The lowest BCUT2D eigenvalue weighted by Gasteiger charge is -2.33. The Hall–Kier alpha value is -3.28. The molecule has 0 bridgehead atoms. The number of H-pyrrole nitrogens is 1. The van der Waals surface area contributed by atoms with Crippen LogP contribution in [0.5, 0.6) is 0 Å². The van der Waals surface area contributed by atoms with Gasteiger partial charge in [0.1, 0.15) is 6.04 Å². The van der Waals surface area contributed by atoms with E-state index in [0.717, 1.165) is 27.7 Å². The van der Waals surface area contributed by atoms with Crippen molar-refractivity contribution in [1.29, 1.82) is 0 Å². The lowest BCUT2D eigenvalue weighted by Crippen LogP contribution is -2.52. The minimum atomic E-state index is -0.990. The highest BCUT2D eigenvalue weighted by Crippen LogP contribution is 2.30. The van der Waals surface area contributed by atoms with Crippen LogP contribution in [0.15, 0.2) is 54.6 Å². The van der Waals surface area contributed by atoms with Crippen molar-refractivity contribution in [3.63, 3.8) is 0 Å². The number of urea groups is 1. The number of carboxylic acids is 1. The lowest BCUT2D eigenvalue weighted by atomic mass is 9.97. The summed E-state index contributed by atoms with van der Waals surface area (Å²) in [5.41, 5.74) is 3.82. The van der Waals surface area contributed by atoms with Crippen LogP contribution in [-0.2, 0) is 24.3 Å². The van der Waals surface area contributed by atoms with Crippen molar-refractivity contribution in [2.75, 3.05) is 0 Å². The molecule has 0 fully saturated rings. The molecule has 6 heteroatoms. The van der Waals surface area contributed by atoms with E-state index in [4.69, 9.17) is 0 Å². The number of hydrogen-bond donors (Lipinski definition) is 3. The number of rotatable bonds is 3. The number of aromatic amines is 1. The van der Waals surface area contributed by atoms with Crippen LogP contribution in [0, 0.1) is 0 Å². The molecule has 2 heterocycles. The summed E-state index contributed by atoms with van der Waals surface area (Å²) in [5.74, 6) is -0.990. The first-order valence-electron chi connectivity index (χ1n) is 8.53. The van der Waals surface area contributed by atoms with Crippen LogP contribution in [0.2, 0.25) is 0 Å². The van der Waals surface area contributed by atoms with Crippen LogP contribution < -0.4 is 5.32 Å². The maximum absolute atomic E-state index is 12.6. The molecule has 26 heavy (non-hydrogen) atoms. The number of amides is 2. The number of nitrogens with zero attached hydrogens (tertiary/aromatic N) is 1. The molecular formula is C20H19N3O3. The van der Waals surface area contributed by atoms with E-state index in [2.05, 4.69) is 10.3 Å². The second-order valence-corrected chi connectivity index (χ2v) is 6.46. The number of aromatic nitrogens is 1. The zero-order valence-corrected chi connectivity index (χ0v) is 14.1. The second kappa shape index (κ2) is 6.55. The molecular weight excluding hydrogens is 330 g/mol. The van der Waals surface area contributed by atoms with E-state index in [1.54, 1.807) is 0 Å². The van der Waals surface area contributed by atoms with Gasteiger partial charge in [0.2, 0.25) is 0 Å². The van der Waals surface area contributed by atoms with Gasteiger partial charge in [-0.3, -0.25) is 0 Å². The zero-order chi connectivity index (χ0) is 18.1. The number of carbonyl (C=O) groups excluding carboxylic acids is 1. The second-order valence-electron chi connectivity index (χ2n) is 6.46. The smallest absolute Gasteiger partial charge is 0.326 e. The van der Waals surface area contributed by atoms with Gasteiger partial charge in [-0.1, -0.05) is 48.5 Å². The van der Waals surface area contributed by atoms with Gasteiger partial charge in [-0.2, -0.15) is 0 Å². The van der Waals surface area contributed by atoms with Gasteiger partial charge < -0.3 is 20.3 Å². The Bertz CT molecular complexity index is 965. The van der Waals surface area contributed by atoms with Crippen molar-refractivity contribution in [2.45, 2.75) is 25.6 Å². The van der Waals surface area contributed by atoms with Crippen molar-refractivity contribution in [3.8, 4) is 0 Å². The minimum Gasteiger partial charge on any atom is -0.480 e. The number of carbonyl (C=O) groups is 2. The van der Waals surface area contributed by atoms with Gasteiger partial charge in [0.25, 0.3) is 0 Å². The summed E-state index contributed by atoms with van der Waals surface area (Å²) in [5, 5.41) is 13.5. The third-order valence-corrected chi connectivity index (χ3v) is 4.84. The summed E-state index contributed by atoms with van der Waals surface area (Å²) in [6.45, 7) is 0.615. The standard InChI is InChI=1S/C20H19N3O3/c24-19(25)18-10-15-14-8-4-5-9-16(14)22-17(15)12-23(18)20(26)21-11-13-6-2-1-3-7-13/h1-9,18,22H,10-12H2,(H,21,26)(H,24,25). The maximum atomic E-state index is 12.6. The number of para-hydroxylation sites is 1. The molecule has 132 valence electrons. The fraction of sp³-hybridized carbons (Fsp3) is 0.200. The van der Waals surface area contributed by atoms with E-state index in [-0.39, 0.29) is 12.6 Å². The highest BCUT2D eigenvalue weighted by atomic mass is 16.4. The Labute approximate surface area is 150 Å². The minimum absolute atomic E-state index is 0.252. The van der Waals surface area contributed by atoms with Gasteiger partial charge in [-0.25, -0.2) is 9.59 Å². The number of nitrogens with one attached hydrogen (secondary N) is 2. The van der Waals surface area contributed by atoms with E-state index in [0.29, 0.717) is 13.0 Å². The predicted octanol–water partition coefficient (Wildman–Crippen LogP) is 2.89. The Morgan fingerprint density at radius 2 is 1.85 bits per heavy atom. The molecule has 1 aliphatic rings. The number of fused-ring (bicyclic) bond motifs is 3. The van der Waals surface area contributed by atoms with Crippen LogP contribution in [0.1, 0.15) is 16.8 Å².